The van der Waals surface area contributed by atoms with E-state index in [4.69, 9.17) is 21.1 Å². The van der Waals surface area contributed by atoms with Gasteiger partial charge in [0, 0.05) is 17.6 Å². The fourth-order valence-electron chi connectivity index (χ4n) is 2.91. The quantitative estimate of drug-likeness (QED) is 0.892. The number of methoxy groups -OCH3 is 1. The second-order valence-electron chi connectivity index (χ2n) is 5.83. The van der Waals surface area contributed by atoms with E-state index in [1.54, 1.807) is 48.4 Å². The minimum absolute atomic E-state index is 0.0958. The highest BCUT2D eigenvalue weighted by Crippen LogP contribution is 2.34. The number of anilines is 1. The van der Waals surface area contributed by atoms with E-state index in [0.717, 1.165) is 0 Å². The van der Waals surface area contributed by atoms with Crippen LogP contribution < -0.4 is 19.7 Å². The van der Waals surface area contributed by atoms with E-state index in [9.17, 15) is 9.59 Å². The molecule has 0 aromatic heterocycles. The molecule has 1 atom stereocenters. The zero-order valence-electron chi connectivity index (χ0n) is 14.5. The van der Waals surface area contributed by atoms with Crippen molar-refractivity contribution in [1.29, 1.82) is 0 Å². The number of nitrogens with zero attached hydrogens (tertiary/aromatic N) is 1. The summed E-state index contributed by atoms with van der Waals surface area (Å²) in [6.45, 7) is 0.137. The van der Waals surface area contributed by atoms with E-state index in [0.29, 0.717) is 27.8 Å². The van der Waals surface area contributed by atoms with Crippen molar-refractivity contribution in [3.63, 3.8) is 0 Å². The van der Waals surface area contributed by atoms with Crippen molar-refractivity contribution in [2.75, 3.05) is 25.6 Å². The van der Waals surface area contributed by atoms with Crippen molar-refractivity contribution in [2.45, 2.75) is 12.5 Å². The zero-order chi connectivity index (χ0) is 18.7. The highest BCUT2D eigenvalue weighted by atomic mass is 35.5. The predicted octanol–water partition coefficient (Wildman–Crippen LogP) is 2.43. The van der Waals surface area contributed by atoms with Crippen LogP contribution in [0.5, 0.6) is 11.5 Å². The number of amides is 2. The maximum atomic E-state index is 13.0. The van der Waals surface area contributed by atoms with Gasteiger partial charge in [0.1, 0.15) is 11.5 Å². The van der Waals surface area contributed by atoms with Crippen LogP contribution in [0.4, 0.5) is 5.69 Å². The van der Waals surface area contributed by atoms with Gasteiger partial charge in [0.15, 0.2) is 6.10 Å². The molecule has 1 N–H and O–H groups in total. The summed E-state index contributed by atoms with van der Waals surface area (Å²) in [7, 11) is 3.08. The summed E-state index contributed by atoms with van der Waals surface area (Å²) in [5, 5.41) is 3.09. The topological polar surface area (TPSA) is 67.9 Å². The van der Waals surface area contributed by atoms with Gasteiger partial charge in [0.05, 0.1) is 25.8 Å². The van der Waals surface area contributed by atoms with Crippen LogP contribution in [0.1, 0.15) is 5.56 Å². The number of nitrogens with one attached hydrogen (secondary N) is 1. The molecule has 2 aromatic rings. The number of carbonyl (C=O) groups is 2. The molecule has 2 amide bonds. The van der Waals surface area contributed by atoms with Gasteiger partial charge in [-0.15, -0.1) is 0 Å². The first-order chi connectivity index (χ1) is 12.5. The lowest BCUT2D eigenvalue weighted by Crippen LogP contribution is -2.50. The highest BCUT2D eigenvalue weighted by molar-refractivity contribution is 6.30. The Hall–Kier alpha value is -2.73. The van der Waals surface area contributed by atoms with Gasteiger partial charge < -0.3 is 19.7 Å². The number of benzene rings is 2. The van der Waals surface area contributed by atoms with Crippen molar-refractivity contribution in [2.24, 2.45) is 0 Å². The summed E-state index contributed by atoms with van der Waals surface area (Å²) in [6, 6.07) is 12.3. The smallest absolute Gasteiger partial charge is 0.262 e. The number of para-hydroxylation sites is 2. The van der Waals surface area contributed by atoms with Gasteiger partial charge in [-0.3, -0.25) is 9.59 Å². The molecule has 6 nitrogen and oxygen atoms in total. The molecule has 0 bridgehead atoms. The van der Waals surface area contributed by atoms with Gasteiger partial charge in [0.2, 0.25) is 5.91 Å². The van der Waals surface area contributed by atoms with E-state index >= 15 is 0 Å². The molecular formula is C19H19ClN2O4. The standard InChI is InChI=1S/C19H19ClN2O4/c1-21-19(24)17-11-22(14-5-3-4-6-16(14)26-17)18(23)10-12-9-13(20)7-8-15(12)25-2/h3-9,17H,10-11H2,1-2H3,(H,21,24)/t17-/m1/s1. The molecule has 1 aliphatic heterocycles. The van der Waals surface area contributed by atoms with Gasteiger partial charge >= 0.3 is 0 Å². The zero-order valence-corrected chi connectivity index (χ0v) is 15.2. The third-order valence-electron chi connectivity index (χ3n) is 4.20. The van der Waals surface area contributed by atoms with Gasteiger partial charge in [-0.25, -0.2) is 0 Å². The first kappa shape index (κ1) is 18.1. The Balaban J connectivity index is 1.90. The minimum atomic E-state index is -0.764. The fraction of sp³-hybridized carbons (Fsp3) is 0.263. The van der Waals surface area contributed by atoms with Gasteiger partial charge in [0.25, 0.3) is 5.91 Å². The molecule has 2 aromatic carbocycles. The highest BCUT2D eigenvalue weighted by Gasteiger charge is 2.33. The Morgan fingerprint density at radius 2 is 2.08 bits per heavy atom. The molecule has 0 radical (unpaired) electrons. The van der Waals surface area contributed by atoms with Gasteiger partial charge in [-0.05, 0) is 30.3 Å². The summed E-state index contributed by atoms with van der Waals surface area (Å²) in [5.74, 6) is 0.638. The molecule has 0 saturated carbocycles. The van der Waals surface area contributed by atoms with Crippen molar-refractivity contribution in [3.8, 4) is 11.5 Å². The summed E-state index contributed by atoms with van der Waals surface area (Å²) >= 11 is 6.05. The van der Waals surface area contributed by atoms with E-state index in [2.05, 4.69) is 5.32 Å². The number of halogens is 1. The van der Waals surface area contributed by atoms with Crippen LogP contribution in [0.3, 0.4) is 0 Å². The minimum Gasteiger partial charge on any atom is -0.496 e. The molecule has 0 fully saturated rings. The van der Waals surface area contributed by atoms with Crippen LogP contribution in [0.25, 0.3) is 0 Å². The van der Waals surface area contributed by atoms with Crippen LogP contribution in [-0.2, 0) is 16.0 Å². The summed E-state index contributed by atoms with van der Waals surface area (Å²) in [6.07, 6.45) is -0.668. The summed E-state index contributed by atoms with van der Waals surface area (Å²) < 4.78 is 11.0. The van der Waals surface area contributed by atoms with Crippen LogP contribution in [0, 0.1) is 0 Å². The Labute approximate surface area is 156 Å². The Morgan fingerprint density at radius 1 is 1.31 bits per heavy atom. The van der Waals surface area contributed by atoms with Crippen molar-refractivity contribution < 1.29 is 19.1 Å². The lowest BCUT2D eigenvalue weighted by molar-refractivity contribution is -0.127. The predicted molar refractivity (Wildman–Crippen MR) is 99.0 cm³/mol. The SMILES string of the molecule is CNC(=O)[C@H]1CN(C(=O)Cc2cc(Cl)ccc2OC)c2ccccc2O1. The summed E-state index contributed by atoms with van der Waals surface area (Å²) in [4.78, 5) is 26.6. The Kier molecular flexibility index (Phi) is 5.32. The average molecular weight is 375 g/mol. The number of hydrogen-bond acceptors (Lipinski definition) is 4. The number of carbonyl (C=O) groups excluding carboxylic acids is 2. The average Bonchev–Trinajstić information content (AvgIpc) is 2.66. The Bertz CT molecular complexity index is 840. The fourth-order valence-corrected chi connectivity index (χ4v) is 3.11. The molecule has 1 aliphatic rings. The third-order valence-corrected chi connectivity index (χ3v) is 4.43. The third kappa shape index (κ3) is 3.60. The summed E-state index contributed by atoms with van der Waals surface area (Å²) in [5.41, 5.74) is 1.32. The lowest BCUT2D eigenvalue weighted by Gasteiger charge is -2.34. The normalized spacial score (nSPS) is 15.7. The van der Waals surface area contributed by atoms with Gasteiger partial charge in [-0.1, -0.05) is 23.7 Å². The van der Waals surface area contributed by atoms with Crippen LogP contribution in [0.2, 0.25) is 5.02 Å². The number of rotatable bonds is 4. The van der Waals surface area contributed by atoms with E-state index in [1.165, 1.54) is 7.05 Å². The first-order valence-electron chi connectivity index (χ1n) is 8.13. The number of fused-ring (bicyclic) bond motifs is 1. The second kappa shape index (κ2) is 7.66. The Morgan fingerprint density at radius 3 is 2.81 bits per heavy atom. The maximum Gasteiger partial charge on any atom is 0.262 e. The molecule has 0 saturated heterocycles. The largest absolute Gasteiger partial charge is 0.496 e. The number of hydrogen-bond donors (Lipinski definition) is 1. The number of likely N-dealkylation sites (N-methyl/N-ethyl adjacent to an activating group) is 1. The van der Waals surface area contributed by atoms with Crippen molar-refractivity contribution in [3.05, 3.63) is 53.1 Å². The van der Waals surface area contributed by atoms with E-state index in [1.807, 2.05) is 6.07 Å². The van der Waals surface area contributed by atoms with Crippen LogP contribution in [-0.4, -0.2) is 38.6 Å². The first-order valence-corrected chi connectivity index (χ1v) is 8.51. The molecular weight excluding hydrogens is 356 g/mol. The molecule has 0 spiro atoms. The molecule has 0 unspecified atom stereocenters. The van der Waals surface area contributed by atoms with Crippen molar-refractivity contribution in [1.82, 2.24) is 5.32 Å². The van der Waals surface area contributed by atoms with E-state index in [-0.39, 0.29) is 24.8 Å². The van der Waals surface area contributed by atoms with Crippen LogP contribution in [0.15, 0.2) is 42.5 Å². The monoisotopic (exact) mass is 374 g/mol. The molecule has 7 heteroatoms. The van der Waals surface area contributed by atoms with Crippen molar-refractivity contribution >= 4 is 29.1 Å². The molecule has 0 aliphatic carbocycles. The second-order valence-corrected chi connectivity index (χ2v) is 6.26. The van der Waals surface area contributed by atoms with Gasteiger partial charge in [-0.2, -0.15) is 0 Å². The molecule has 26 heavy (non-hydrogen) atoms. The lowest BCUT2D eigenvalue weighted by atomic mass is 10.1. The molecule has 1 heterocycles. The molecule has 3 rings (SSSR count). The van der Waals surface area contributed by atoms with Crippen LogP contribution >= 0.6 is 11.6 Å². The molecule has 136 valence electrons. The van der Waals surface area contributed by atoms with E-state index < -0.39 is 6.10 Å². The maximum absolute atomic E-state index is 13.0. The number of ether oxygens (including phenoxy) is 2.